The van der Waals surface area contributed by atoms with Crippen molar-refractivity contribution in [1.29, 1.82) is 0 Å². The Hall–Kier alpha value is -2.49. The highest BCUT2D eigenvalue weighted by atomic mass is 16.5. The molecule has 20 heavy (non-hydrogen) atoms. The summed E-state index contributed by atoms with van der Waals surface area (Å²) >= 11 is 0. The largest absolute Gasteiger partial charge is 0.455 e. The van der Waals surface area contributed by atoms with Gasteiger partial charge in [-0.15, -0.1) is 0 Å². The number of amides is 1. The van der Waals surface area contributed by atoms with Gasteiger partial charge in [-0.05, 0) is 30.7 Å². The van der Waals surface area contributed by atoms with E-state index in [-0.39, 0.29) is 5.91 Å². The Morgan fingerprint density at radius 1 is 1.15 bits per heavy atom. The fraction of sp³-hybridized carbons (Fsp3) is 0.188. The van der Waals surface area contributed by atoms with Crippen LogP contribution in [-0.2, 0) is 4.79 Å². The SMILES string of the molecule is CCC(Nc1ccccc1Oc1ccccc1)C(N)=O. The number of hydrogen-bond acceptors (Lipinski definition) is 3. The molecule has 0 heterocycles. The molecule has 0 bridgehead atoms. The van der Waals surface area contributed by atoms with Crippen LogP contribution in [0.3, 0.4) is 0 Å². The van der Waals surface area contributed by atoms with Crippen molar-refractivity contribution < 1.29 is 9.53 Å². The van der Waals surface area contributed by atoms with Crippen molar-refractivity contribution in [2.75, 3.05) is 5.32 Å². The monoisotopic (exact) mass is 270 g/mol. The fourth-order valence-corrected chi connectivity index (χ4v) is 1.85. The number of hydrogen-bond donors (Lipinski definition) is 2. The van der Waals surface area contributed by atoms with Gasteiger partial charge in [0.25, 0.3) is 0 Å². The molecule has 0 fully saturated rings. The Morgan fingerprint density at radius 3 is 2.45 bits per heavy atom. The minimum Gasteiger partial charge on any atom is -0.455 e. The molecule has 3 N–H and O–H groups in total. The van der Waals surface area contributed by atoms with Crippen LogP contribution in [0.2, 0.25) is 0 Å². The Bertz CT molecular complexity index is 570. The van der Waals surface area contributed by atoms with Crippen molar-refractivity contribution in [2.24, 2.45) is 5.73 Å². The molecular formula is C16H18N2O2. The summed E-state index contributed by atoms with van der Waals surface area (Å²) in [6.07, 6.45) is 0.620. The normalized spacial score (nSPS) is 11.7. The number of carbonyl (C=O) groups is 1. The third kappa shape index (κ3) is 3.51. The highest BCUT2D eigenvalue weighted by Gasteiger charge is 2.14. The number of primary amides is 1. The second-order valence-corrected chi connectivity index (χ2v) is 4.42. The fourth-order valence-electron chi connectivity index (χ4n) is 1.85. The van der Waals surface area contributed by atoms with E-state index >= 15 is 0 Å². The average molecular weight is 270 g/mol. The van der Waals surface area contributed by atoms with Gasteiger partial charge in [0.2, 0.25) is 5.91 Å². The highest BCUT2D eigenvalue weighted by molar-refractivity contribution is 5.83. The van der Waals surface area contributed by atoms with E-state index in [0.29, 0.717) is 12.2 Å². The van der Waals surface area contributed by atoms with Crippen LogP contribution in [0.15, 0.2) is 54.6 Å². The van der Waals surface area contributed by atoms with Crippen molar-refractivity contribution in [3.05, 3.63) is 54.6 Å². The van der Waals surface area contributed by atoms with Gasteiger partial charge >= 0.3 is 0 Å². The van der Waals surface area contributed by atoms with Crippen LogP contribution in [-0.4, -0.2) is 11.9 Å². The number of carbonyl (C=O) groups excluding carboxylic acids is 1. The summed E-state index contributed by atoms with van der Waals surface area (Å²) in [7, 11) is 0. The molecule has 0 aliphatic carbocycles. The van der Waals surface area contributed by atoms with Crippen molar-refractivity contribution in [3.63, 3.8) is 0 Å². The van der Waals surface area contributed by atoms with Gasteiger partial charge in [-0.1, -0.05) is 37.3 Å². The molecule has 0 radical (unpaired) electrons. The number of para-hydroxylation sites is 3. The third-order valence-corrected chi connectivity index (χ3v) is 2.94. The summed E-state index contributed by atoms with van der Waals surface area (Å²) in [5.74, 6) is 1.04. The summed E-state index contributed by atoms with van der Waals surface area (Å²) in [6.45, 7) is 1.91. The van der Waals surface area contributed by atoms with Gasteiger partial charge in [-0.2, -0.15) is 0 Å². The van der Waals surface area contributed by atoms with Gasteiger partial charge in [-0.3, -0.25) is 4.79 Å². The molecule has 104 valence electrons. The Balaban J connectivity index is 2.20. The Morgan fingerprint density at radius 2 is 1.80 bits per heavy atom. The minimum absolute atomic E-state index is 0.373. The van der Waals surface area contributed by atoms with Crippen molar-refractivity contribution in [1.82, 2.24) is 0 Å². The first-order chi connectivity index (χ1) is 9.70. The molecule has 2 aromatic rings. The Kier molecular flexibility index (Phi) is 4.60. The lowest BCUT2D eigenvalue weighted by Gasteiger charge is -2.17. The number of nitrogens with one attached hydrogen (secondary N) is 1. The van der Waals surface area contributed by atoms with E-state index in [9.17, 15) is 4.79 Å². The number of anilines is 1. The van der Waals surface area contributed by atoms with Crippen LogP contribution >= 0.6 is 0 Å². The van der Waals surface area contributed by atoms with E-state index < -0.39 is 6.04 Å². The molecule has 1 amide bonds. The number of benzene rings is 2. The van der Waals surface area contributed by atoms with Crippen LogP contribution in [0.4, 0.5) is 5.69 Å². The lowest BCUT2D eigenvalue weighted by Crippen LogP contribution is -2.34. The lowest BCUT2D eigenvalue weighted by molar-refractivity contribution is -0.118. The number of rotatable bonds is 6. The van der Waals surface area contributed by atoms with Crippen molar-refractivity contribution in [2.45, 2.75) is 19.4 Å². The molecule has 0 saturated carbocycles. The quantitative estimate of drug-likeness (QED) is 0.847. The average Bonchev–Trinajstić information content (AvgIpc) is 2.47. The smallest absolute Gasteiger partial charge is 0.239 e. The van der Waals surface area contributed by atoms with Crippen LogP contribution < -0.4 is 15.8 Å². The summed E-state index contributed by atoms with van der Waals surface area (Å²) in [4.78, 5) is 11.3. The molecule has 1 atom stereocenters. The van der Waals surface area contributed by atoms with E-state index in [0.717, 1.165) is 11.4 Å². The first-order valence-electron chi connectivity index (χ1n) is 6.58. The first kappa shape index (κ1) is 13.9. The summed E-state index contributed by atoms with van der Waals surface area (Å²) in [5.41, 5.74) is 6.11. The second-order valence-electron chi connectivity index (χ2n) is 4.42. The number of ether oxygens (including phenoxy) is 1. The molecule has 4 heteroatoms. The molecule has 2 rings (SSSR count). The first-order valence-corrected chi connectivity index (χ1v) is 6.58. The predicted octanol–water partition coefficient (Wildman–Crippen LogP) is 3.15. The van der Waals surface area contributed by atoms with Crippen LogP contribution in [0.1, 0.15) is 13.3 Å². The van der Waals surface area contributed by atoms with Crippen molar-refractivity contribution in [3.8, 4) is 11.5 Å². The van der Waals surface area contributed by atoms with E-state index in [1.165, 1.54) is 0 Å². The lowest BCUT2D eigenvalue weighted by atomic mass is 10.2. The van der Waals surface area contributed by atoms with E-state index in [1.807, 2.05) is 61.5 Å². The highest BCUT2D eigenvalue weighted by Crippen LogP contribution is 2.29. The van der Waals surface area contributed by atoms with Gasteiger partial charge < -0.3 is 15.8 Å². The zero-order valence-electron chi connectivity index (χ0n) is 11.4. The molecule has 0 aliphatic heterocycles. The maximum atomic E-state index is 11.3. The molecule has 0 aromatic heterocycles. The van der Waals surface area contributed by atoms with Gasteiger partial charge in [0.15, 0.2) is 5.75 Å². The third-order valence-electron chi connectivity index (χ3n) is 2.94. The summed E-state index contributed by atoms with van der Waals surface area (Å²) in [6, 6.07) is 16.6. The second kappa shape index (κ2) is 6.61. The zero-order chi connectivity index (χ0) is 14.4. The molecule has 4 nitrogen and oxygen atoms in total. The standard InChI is InChI=1S/C16H18N2O2/c1-2-13(16(17)19)18-14-10-6-7-11-15(14)20-12-8-4-3-5-9-12/h3-11,13,18H,2H2,1H3,(H2,17,19). The molecule has 0 spiro atoms. The van der Waals surface area contributed by atoms with Crippen molar-refractivity contribution >= 4 is 11.6 Å². The predicted molar refractivity (Wildman–Crippen MR) is 79.9 cm³/mol. The maximum Gasteiger partial charge on any atom is 0.239 e. The maximum absolute atomic E-state index is 11.3. The zero-order valence-corrected chi connectivity index (χ0v) is 11.4. The molecule has 2 aromatic carbocycles. The van der Waals surface area contributed by atoms with Crippen LogP contribution in [0.5, 0.6) is 11.5 Å². The van der Waals surface area contributed by atoms with Gasteiger partial charge in [0.1, 0.15) is 11.8 Å². The van der Waals surface area contributed by atoms with Gasteiger partial charge in [0, 0.05) is 0 Å². The van der Waals surface area contributed by atoms with Gasteiger partial charge in [0.05, 0.1) is 5.69 Å². The summed E-state index contributed by atoms with van der Waals surface area (Å²) in [5, 5.41) is 3.12. The van der Waals surface area contributed by atoms with Crippen LogP contribution in [0.25, 0.3) is 0 Å². The Labute approximate surface area is 118 Å². The van der Waals surface area contributed by atoms with E-state index in [1.54, 1.807) is 0 Å². The summed E-state index contributed by atoms with van der Waals surface area (Å²) < 4.78 is 5.82. The van der Waals surface area contributed by atoms with Gasteiger partial charge in [-0.25, -0.2) is 0 Å². The topological polar surface area (TPSA) is 64.3 Å². The molecule has 0 saturated heterocycles. The molecular weight excluding hydrogens is 252 g/mol. The van der Waals surface area contributed by atoms with E-state index in [2.05, 4.69) is 5.32 Å². The van der Waals surface area contributed by atoms with E-state index in [4.69, 9.17) is 10.5 Å². The molecule has 0 aliphatic rings. The minimum atomic E-state index is -0.407. The van der Waals surface area contributed by atoms with Crippen LogP contribution in [0, 0.1) is 0 Å². The molecule has 1 unspecified atom stereocenters. The number of nitrogens with two attached hydrogens (primary N) is 1.